The smallest absolute Gasteiger partial charge is 0.266 e. The lowest BCUT2D eigenvalue weighted by Crippen LogP contribution is -2.44. The second-order valence-electron chi connectivity index (χ2n) is 10.5. The van der Waals surface area contributed by atoms with Crippen molar-refractivity contribution in [2.45, 2.75) is 64.0 Å². The summed E-state index contributed by atoms with van der Waals surface area (Å²) in [6.07, 6.45) is 6.78. The fraction of sp³-hybridized carbons (Fsp3) is 0.344. The molecule has 41 heavy (non-hydrogen) atoms. The van der Waals surface area contributed by atoms with Gasteiger partial charge in [-0.2, -0.15) is 0 Å². The molecule has 5 rings (SSSR count). The summed E-state index contributed by atoms with van der Waals surface area (Å²) in [6, 6.07) is 17.2. The predicted molar refractivity (Wildman–Crippen MR) is 158 cm³/mol. The summed E-state index contributed by atoms with van der Waals surface area (Å²) >= 11 is 6.29. The summed E-state index contributed by atoms with van der Waals surface area (Å²) in [5, 5.41) is 6.64. The highest BCUT2D eigenvalue weighted by Gasteiger charge is 2.30. The number of ketones is 1. The molecule has 0 spiro atoms. The van der Waals surface area contributed by atoms with Crippen molar-refractivity contribution in [3.05, 3.63) is 83.3 Å². The van der Waals surface area contributed by atoms with Crippen molar-refractivity contribution >= 4 is 40.3 Å². The number of aromatic nitrogens is 2. The van der Waals surface area contributed by atoms with Gasteiger partial charge in [-0.15, -0.1) is 0 Å². The predicted octanol–water partition coefficient (Wildman–Crippen LogP) is 6.39. The third-order valence-electron chi connectivity index (χ3n) is 7.66. The summed E-state index contributed by atoms with van der Waals surface area (Å²) in [7, 11) is 0. The van der Waals surface area contributed by atoms with Gasteiger partial charge in [0.2, 0.25) is 11.7 Å². The molecule has 4 aromatic rings. The zero-order valence-electron chi connectivity index (χ0n) is 22.9. The minimum Gasteiger partial charge on any atom is -0.434 e. The van der Waals surface area contributed by atoms with E-state index in [1.807, 2.05) is 37.3 Å². The van der Waals surface area contributed by atoms with Crippen LogP contribution < -0.4 is 10.6 Å². The normalized spacial score (nSPS) is 17.9. The summed E-state index contributed by atoms with van der Waals surface area (Å²) in [5.41, 5.74) is 3.07. The number of nitrogens with one attached hydrogen (secondary N) is 2. The van der Waals surface area contributed by atoms with E-state index in [9.17, 15) is 14.4 Å². The highest BCUT2D eigenvalue weighted by molar-refractivity contribution is 6.33. The molecule has 0 aliphatic heterocycles. The van der Waals surface area contributed by atoms with Gasteiger partial charge < -0.3 is 15.1 Å². The van der Waals surface area contributed by atoms with Crippen LogP contribution >= 0.6 is 11.6 Å². The number of rotatable bonds is 9. The van der Waals surface area contributed by atoms with Gasteiger partial charge in [0.05, 0.1) is 17.3 Å². The van der Waals surface area contributed by atoms with Crippen LogP contribution in [0.2, 0.25) is 5.02 Å². The number of benzene rings is 2. The highest BCUT2D eigenvalue weighted by Crippen LogP contribution is 2.28. The van der Waals surface area contributed by atoms with Crippen LogP contribution in [0.4, 0.5) is 0 Å². The fourth-order valence-electron chi connectivity index (χ4n) is 5.40. The Morgan fingerprint density at radius 1 is 1.00 bits per heavy atom. The molecule has 2 heterocycles. The molecule has 0 bridgehead atoms. The van der Waals surface area contributed by atoms with Gasteiger partial charge in [0.15, 0.2) is 5.58 Å². The third-order valence-corrected chi connectivity index (χ3v) is 7.99. The molecule has 1 aliphatic rings. The first-order chi connectivity index (χ1) is 19.9. The fourth-order valence-corrected chi connectivity index (χ4v) is 5.63. The molecule has 2 N–H and O–H groups in total. The SMILES string of the molecule is CC[C@H](NC(=O)CC1CCCCC[C@@H]1NC(=O)c1ccc(-c2ccccc2Cl)nc1)C(=O)c1nc2ccccc2o1. The van der Waals surface area contributed by atoms with Crippen molar-refractivity contribution < 1.29 is 18.8 Å². The number of amides is 2. The van der Waals surface area contributed by atoms with E-state index in [0.717, 1.165) is 37.7 Å². The van der Waals surface area contributed by atoms with Crippen molar-refractivity contribution in [3.8, 4) is 11.3 Å². The van der Waals surface area contributed by atoms with Gasteiger partial charge in [0, 0.05) is 29.2 Å². The van der Waals surface area contributed by atoms with Crippen LogP contribution in [0.15, 0.2) is 71.3 Å². The maximum Gasteiger partial charge on any atom is 0.266 e. The summed E-state index contributed by atoms with van der Waals surface area (Å²) in [4.78, 5) is 48.2. The summed E-state index contributed by atoms with van der Waals surface area (Å²) in [6.45, 7) is 1.84. The molecular weight excluding hydrogens is 540 g/mol. The van der Waals surface area contributed by atoms with Crippen LogP contribution in [0.1, 0.15) is 72.9 Å². The van der Waals surface area contributed by atoms with Gasteiger partial charge in [-0.1, -0.05) is 68.1 Å². The summed E-state index contributed by atoms with van der Waals surface area (Å²) < 4.78 is 5.63. The first kappa shape index (κ1) is 28.5. The Morgan fingerprint density at radius 2 is 1.78 bits per heavy atom. The average Bonchev–Trinajstić information content (AvgIpc) is 3.31. The molecule has 0 saturated heterocycles. The van der Waals surface area contributed by atoms with E-state index >= 15 is 0 Å². The first-order valence-electron chi connectivity index (χ1n) is 14.1. The maximum absolute atomic E-state index is 13.2. The third kappa shape index (κ3) is 6.82. The lowest BCUT2D eigenvalue weighted by molar-refractivity contribution is -0.122. The number of Topliss-reactive ketones (excluding diaryl/α,β-unsaturated/α-hetero) is 1. The lowest BCUT2D eigenvalue weighted by atomic mass is 9.90. The Morgan fingerprint density at radius 3 is 2.54 bits per heavy atom. The summed E-state index contributed by atoms with van der Waals surface area (Å²) in [5.74, 6) is -0.854. The number of oxazole rings is 1. The molecule has 1 aliphatic carbocycles. The Kier molecular flexibility index (Phi) is 9.09. The van der Waals surface area contributed by atoms with E-state index in [1.54, 1.807) is 36.5 Å². The number of fused-ring (bicyclic) bond motifs is 1. The monoisotopic (exact) mass is 572 g/mol. The van der Waals surface area contributed by atoms with Crippen LogP contribution in [-0.4, -0.2) is 39.6 Å². The van der Waals surface area contributed by atoms with E-state index < -0.39 is 6.04 Å². The van der Waals surface area contributed by atoms with Crippen LogP contribution in [0, 0.1) is 5.92 Å². The molecule has 212 valence electrons. The van der Waals surface area contributed by atoms with Crippen molar-refractivity contribution in [1.82, 2.24) is 20.6 Å². The Labute approximate surface area is 243 Å². The second kappa shape index (κ2) is 13.1. The standard InChI is InChI=1S/C32H33ClN4O4/c1-2-24(30(39)32-37-27-14-8-9-15-28(27)41-32)35-29(38)18-20-10-4-3-5-13-25(20)36-31(40)21-16-17-26(34-19-21)22-11-6-7-12-23(22)33/h6-9,11-12,14-17,19-20,24-25H,2-5,10,13,18H2,1H3,(H,35,38)(H,36,40)/t20?,24-,25-/m0/s1. The Balaban J connectivity index is 1.22. The van der Waals surface area contributed by atoms with Gasteiger partial charge >= 0.3 is 0 Å². The topological polar surface area (TPSA) is 114 Å². The zero-order valence-corrected chi connectivity index (χ0v) is 23.7. The van der Waals surface area contributed by atoms with Crippen molar-refractivity contribution in [2.75, 3.05) is 0 Å². The number of para-hydroxylation sites is 2. The number of carbonyl (C=O) groups is 3. The van der Waals surface area contributed by atoms with Crippen molar-refractivity contribution in [3.63, 3.8) is 0 Å². The van der Waals surface area contributed by atoms with Gasteiger partial charge in [-0.05, 0) is 55.5 Å². The molecule has 1 unspecified atom stereocenters. The molecule has 1 saturated carbocycles. The average molecular weight is 573 g/mol. The van der Waals surface area contributed by atoms with Gasteiger partial charge in [-0.25, -0.2) is 4.98 Å². The largest absolute Gasteiger partial charge is 0.434 e. The van der Waals surface area contributed by atoms with Gasteiger partial charge in [-0.3, -0.25) is 19.4 Å². The Hall–Kier alpha value is -4.04. The van der Waals surface area contributed by atoms with E-state index in [1.165, 1.54) is 0 Å². The molecule has 1 fully saturated rings. The lowest BCUT2D eigenvalue weighted by Gasteiger charge is -2.26. The van der Waals surface area contributed by atoms with E-state index in [-0.39, 0.29) is 41.9 Å². The first-order valence-corrected chi connectivity index (χ1v) is 14.5. The molecule has 0 radical (unpaired) electrons. The van der Waals surface area contributed by atoms with Crippen LogP contribution in [0.3, 0.4) is 0 Å². The van der Waals surface area contributed by atoms with Crippen LogP contribution in [0.5, 0.6) is 0 Å². The van der Waals surface area contributed by atoms with Crippen molar-refractivity contribution in [2.24, 2.45) is 5.92 Å². The zero-order chi connectivity index (χ0) is 28.8. The number of hydrogen-bond donors (Lipinski definition) is 2. The molecular formula is C32H33ClN4O4. The molecule has 2 aromatic heterocycles. The minimum atomic E-state index is -0.739. The molecule has 2 amide bonds. The number of carbonyl (C=O) groups excluding carboxylic acids is 3. The molecule has 2 aromatic carbocycles. The second-order valence-corrected chi connectivity index (χ2v) is 10.9. The highest BCUT2D eigenvalue weighted by atomic mass is 35.5. The number of pyridine rings is 1. The van der Waals surface area contributed by atoms with Gasteiger partial charge in [0.25, 0.3) is 11.8 Å². The van der Waals surface area contributed by atoms with Crippen molar-refractivity contribution in [1.29, 1.82) is 0 Å². The number of halogens is 1. The molecule has 9 heteroatoms. The minimum absolute atomic E-state index is 0.00730. The van der Waals surface area contributed by atoms with Crippen LogP contribution in [-0.2, 0) is 4.79 Å². The van der Waals surface area contributed by atoms with E-state index in [2.05, 4.69) is 20.6 Å². The van der Waals surface area contributed by atoms with E-state index in [0.29, 0.717) is 33.8 Å². The Bertz CT molecular complexity index is 1500. The number of hydrogen-bond acceptors (Lipinski definition) is 6. The maximum atomic E-state index is 13.2. The van der Waals surface area contributed by atoms with E-state index in [4.69, 9.17) is 16.0 Å². The molecule has 8 nitrogen and oxygen atoms in total. The molecule has 3 atom stereocenters. The quantitative estimate of drug-likeness (QED) is 0.177. The number of nitrogens with zero attached hydrogens (tertiary/aromatic N) is 2. The van der Waals surface area contributed by atoms with Crippen LogP contribution in [0.25, 0.3) is 22.4 Å². The van der Waals surface area contributed by atoms with Gasteiger partial charge in [0.1, 0.15) is 5.52 Å².